The summed E-state index contributed by atoms with van der Waals surface area (Å²) in [4.78, 5) is 12.0. The highest BCUT2D eigenvalue weighted by Gasteiger charge is 2.38. The molecule has 1 aromatic heterocycles. The second-order valence-electron chi connectivity index (χ2n) is 7.34. The highest BCUT2D eigenvalue weighted by Crippen LogP contribution is 2.47. The zero-order chi connectivity index (χ0) is 18.9. The Bertz CT molecular complexity index is 745. The van der Waals surface area contributed by atoms with Gasteiger partial charge in [-0.1, -0.05) is 6.92 Å². The number of furan rings is 1. The molecule has 146 valence electrons. The van der Waals surface area contributed by atoms with Crippen molar-refractivity contribution in [2.75, 3.05) is 26.7 Å². The monoisotopic (exact) mass is 384 g/mol. The molecule has 0 aromatic carbocycles. The summed E-state index contributed by atoms with van der Waals surface area (Å²) in [5.41, 5.74) is 0. The number of hydrogen-bond donors (Lipinski definition) is 0. The Morgan fingerprint density at radius 2 is 2.15 bits per heavy atom. The number of nitrogens with zero attached hydrogens (tertiary/aromatic N) is 2. The predicted octanol–water partition coefficient (Wildman–Crippen LogP) is 2.35. The van der Waals surface area contributed by atoms with Crippen molar-refractivity contribution in [3.05, 3.63) is 23.7 Å². The average molecular weight is 384 g/mol. The molecule has 3 rings (SSSR count). The Hall–Kier alpha value is -1.38. The second-order valence-corrected chi connectivity index (χ2v) is 9.37. The quantitative estimate of drug-likeness (QED) is 0.674. The van der Waals surface area contributed by atoms with Gasteiger partial charge in [-0.05, 0) is 44.2 Å². The minimum Gasteiger partial charge on any atom is -0.466 e. The third kappa shape index (κ3) is 4.13. The minimum atomic E-state index is -3.65. The van der Waals surface area contributed by atoms with Gasteiger partial charge in [0.15, 0.2) is 0 Å². The molecule has 1 saturated carbocycles. The molecule has 1 saturated heterocycles. The zero-order valence-corrected chi connectivity index (χ0v) is 16.5. The van der Waals surface area contributed by atoms with Crippen molar-refractivity contribution in [2.45, 2.75) is 45.6 Å². The number of piperidine rings is 1. The van der Waals surface area contributed by atoms with Crippen molar-refractivity contribution in [1.82, 2.24) is 8.61 Å². The Morgan fingerprint density at radius 3 is 2.81 bits per heavy atom. The molecule has 2 heterocycles. The molecule has 0 amide bonds. The van der Waals surface area contributed by atoms with E-state index in [0.717, 1.165) is 12.2 Å². The van der Waals surface area contributed by atoms with Crippen LogP contribution in [0.3, 0.4) is 0 Å². The third-order valence-corrected chi connectivity index (χ3v) is 7.16. The SMILES string of the molecule is CCOC(=O)[C@@H]1CCCN(S(=O)(=O)N(C)Cc2ccc([C@H]3C[C@@H]3C)o2)C1. The molecular weight excluding hydrogens is 356 g/mol. The van der Waals surface area contributed by atoms with Gasteiger partial charge in [0.2, 0.25) is 0 Å². The number of esters is 1. The molecule has 0 spiro atoms. The van der Waals surface area contributed by atoms with Gasteiger partial charge in [-0.15, -0.1) is 0 Å². The van der Waals surface area contributed by atoms with Crippen molar-refractivity contribution in [3.63, 3.8) is 0 Å². The zero-order valence-electron chi connectivity index (χ0n) is 15.7. The van der Waals surface area contributed by atoms with E-state index >= 15 is 0 Å². The van der Waals surface area contributed by atoms with E-state index in [1.807, 2.05) is 12.1 Å². The smallest absolute Gasteiger partial charge is 0.310 e. The van der Waals surface area contributed by atoms with E-state index in [9.17, 15) is 13.2 Å². The maximum absolute atomic E-state index is 12.9. The molecule has 0 unspecified atom stereocenters. The lowest BCUT2D eigenvalue weighted by Gasteiger charge is -2.33. The van der Waals surface area contributed by atoms with Crippen LogP contribution in [-0.2, 0) is 26.3 Å². The first-order valence-electron chi connectivity index (χ1n) is 9.29. The van der Waals surface area contributed by atoms with Gasteiger partial charge in [0.1, 0.15) is 11.5 Å². The third-order valence-electron chi connectivity index (χ3n) is 5.26. The second kappa shape index (κ2) is 7.70. The largest absolute Gasteiger partial charge is 0.466 e. The van der Waals surface area contributed by atoms with Gasteiger partial charge in [0.25, 0.3) is 10.2 Å². The van der Waals surface area contributed by atoms with Crippen molar-refractivity contribution in [2.24, 2.45) is 11.8 Å². The number of carbonyl (C=O) groups is 1. The number of hydrogen-bond acceptors (Lipinski definition) is 5. The first-order chi connectivity index (χ1) is 12.3. The maximum Gasteiger partial charge on any atom is 0.310 e. The molecule has 1 aliphatic heterocycles. The summed E-state index contributed by atoms with van der Waals surface area (Å²) in [6, 6.07) is 3.80. The van der Waals surface area contributed by atoms with Crippen LogP contribution in [0.5, 0.6) is 0 Å². The summed E-state index contributed by atoms with van der Waals surface area (Å²) in [6.45, 7) is 5.02. The van der Waals surface area contributed by atoms with Crippen molar-refractivity contribution in [1.29, 1.82) is 0 Å². The summed E-state index contributed by atoms with van der Waals surface area (Å²) in [6.07, 6.45) is 2.45. The molecule has 7 nitrogen and oxygen atoms in total. The highest BCUT2D eigenvalue weighted by molar-refractivity contribution is 7.86. The molecule has 1 aliphatic carbocycles. The van der Waals surface area contributed by atoms with Crippen LogP contribution in [0.25, 0.3) is 0 Å². The van der Waals surface area contributed by atoms with Crippen LogP contribution in [0.15, 0.2) is 16.5 Å². The maximum atomic E-state index is 12.9. The van der Waals surface area contributed by atoms with Gasteiger partial charge < -0.3 is 9.15 Å². The van der Waals surface area contributed by atoms with E-state index in [1.165, 1.54) is 8.61 Å². The van der Waals surface area contributed by atoms with E-state index < -0.39 is 16.1 Å². The molecular formula is C18H28N2O5S. The van der Waals surface area contributed by atoms with Crippen LogP contribution in [0.2, 0.25) is 0 Å². The molecule has 2 fully saturated rings. The topological polar surface area (TPSA) is 80.1 Å². The first-order valence-corrected chi connectivity index (χ1v) is 10.7. The lowest BCUT2D eigenvalue weighted by Crippen LogP contribution is -2.48. The molecule has 0 radical (unpaired) electrons. The van der Waals surface area contributed by atoms with E-state index in [-0.39, 0.29) is 19.1 Å². The van der Waals surface area contributed by atoms with Crippen LogP contribution in [-0.4, -0.2) is 49.7 Å². The lowest BCUT2D eigenvalue weighted by molar-refractivity contribution is -0.149. The molecule has 3 atom stereocenters. The number of ether oxygens (including phenoxy) is 1. The van der Waals surface area contributed by atoms with E-state index in [1.54, 1.807) is 14.0 Å². The molecule has 0 N–H and O–H groups in total. The fraction of sp³-hybridized carbons (Fsp3) is 0.722. The summed E-state index contributed by atoms with van der Waals surface area (Å²) >= 11 is 0. The molecule has 1 aromatic rings. The minimum absolute atomic E-state index is 0.175. The number of rotatable bonds is 7. The fourth-order valence-corrected chi connectivity index (χ4v) is 4.91. The summed E-state index contributed by atoms with van der Waals surface area (Å²) in [7, 11) is -2.10. The van der Waals surface area contributed by atoms with Gasteiger partial charge >= 0.3 is 5.97 Å². The lowest BCUT2D eigenvalue weighted by atomic mass is 10.0. The predicted molar refractivity (Wildman–Crippen MR) is 96.5 cm³/mol. The van der Waals surface area contributed by atoms with Crippen LogP contribution in [0.1, 0.15) is 50.5 Å². The van der Waals surface area contributed by atoms with Gasteiger partial charge in [0, 0.05) is 26.1 Å². The van der Waals surface area contributed by atoms with Crippen molar-refractivity contribution < 1.29 is 22.4 Å². The molecule has 8 heteroatoms. The van der Waals surface area contributed by atoms with E-state index in [0.29, 0.717) is 43.6 Å². The number of carbonyl (C=O) groups excluding carboxylic acids is 1. The van der Waals surface area contributed by atoms with Crippen molar-refractivity contribution in [3.8, 4) is 0 Å². The Balaban J connectivity index is 1.62. The summed E-state index contributed by atoms with van der Waals surface area (Å²) in [5.74, 6) is 1.99. The standard InChI is InChI=1S/C18H28N2O5S/c1-4-24-18(21)14-6-5-9-20(11-14)26(22,23)19(3)12-15-7-8-17(25-15)16-10-13(16)2/h7-8,13-14,16H,4-6,9-12H2,1-3H3/t13-,14+,16-/m0/s1. The van der Waals surface area contributed by atoms with E-state index in [4.69, 9.17) is 9.15 Å². The van der Waals surface area contributed by atoms with E-state index in [2.05, 4.69) is 6.92 Å². The Kier molecular flexibility index (Phi) is 5.74. The first kappa shape index (κ1) is 19.4. The highest BCUT2D eigenvalue weighted by atomic mass is 32.2. The molecule has 0 bridgehead atoms. The Morgan fingerprint density at radius 1 is 1.42 bits per heavy atom. The van der Waals surface area contributed by atoms with Gasteiger partial charge in [0.05, 0.1) is 19.1 Å². The summed E-state index contributed by atoms with van der Waals surface area (Å²) in [5, 5.41) is 0. The van der Waals surface area contributed by atoms with Gasteiger partial charge in [-0.2, -0.15) is 17.0 Å². The van der Waals surface area contributed by atoms with Crippen molar-refractivity contribution >= 4 is 16.2 Å². The Labute approximate surface area is 155 Å². The van der Waals surface area contributed by atoms with Crippen LogP contribution < -0.4 is 0 Å². The molecule has 26 heavy (non-hydrogen) atoms. The van der Waals surface area contributed by atoms with Gasteiger partial charge in [-0.25, -0.2) is 0 Å². The van der Waals surface area contributed by atoms with Crippen LogP contribution >= 0.6 is 0 Å². The molecule has 2 aliphatic rings. The van der Waals surface area contributed by atoms with Gasteiger partial charge in [-0.3, -0.25) is 4.79 Å². The van der Waals surface area contributed by atoms with Crippen LogP contribution in [0.4, 0.5) is 0 Å². The van der Waals surface area contributed by atoms with Crippen LogP contribution in [0, 0.1) is 11.8 Å². The normalized spacial score (nSPS) is 26.8. The summed E-state index contributed by atoms with van der Waals surface area (Å²) < 4.78 is 39.3. The average Bonchev–Trinajstić information content (AvgIpc) is 3.16. The fourth-order valence-electron chi connectivity index (χ4n) is 3.50.